The fraction of sp³-hybridized carbons (Fsp3) is 0.400. The molecule has 0 saturated carbocycles. The highest BCUT2D eigenvalue weighted by Crippen LogP contribution is 1.64. The normalized spacial score (nSPS) is 6.00. The van der Waals surface area contributed by atoms with E-state index in [0.717, 1.165) is 0 Å². The molecule has 0 aromatic carbocycles. The summed E-state index contributed by atoms with van der Waals surface area (Å²) in [6, 6.07) is 0. The molecule has 0 heterocycles. The molecule has 0 bridgehead atoms. The highest BCUT2D eigenvalue weighted by molar-refractivity contribution is 5.76. The van der Waals surface area contributed by atoms with Crippen molar-refractivity contribution in [2.75, 3.05) is 6.67 Å². The summed E-state index contributed by atoms with van der Waals surface area (Å²) >= 11 is 0. The number of ketones is 1. The molecule has 0 aliphatic rings. The lowest BCUT2D eigenvalue weighted by molar-refractivity contribution is -0.117. The molecule has 2 heteroatoms. The van der Waals surface area contributed by atoms with E-state index >= 15 is 0 Å². The molecule has 0 N–H and O–H groups in total. The Morgan fingerprint density at radius 1 is 1.71 bits per heavy atom. The van der Waals surface area contributed by atoms with Crippen molar-refractivity contribution in [1.29, 1.82) is 0 Å². The van der Waals surface area contributed by atoms with Crippen LogP contribution in [-0.4, -0.2) is 12.5 Å². The maximum absolute atomic E-state index is 10.8. The summed E-state index contributed by atoms with van der Waals surface area (Å²) in [6.07, 6.45) is 0. The Morgan fingerprint density at radius 2 is 1.86 bits per heavy atom. The van der Waals surface area contributed by atoms with Gasteiger partial charge in [0.05, 0.1) is 0 Å². The third-order valence-corrected chi connectivity index (χ3v) is 0.188. The van der Waals surface area contributed by atoms with Gasteiger partial charge in [-0.25, -0.2) is 4.39 Å². The second-order valence-electron chi connectivity index (χ2n) is 0.836. The molecule has 0 atom stereocenters. The lowest BCUT2D eigenvalue weighted by Crippen LogP contribution is -1.87. The smallest absolute Gasteiger partial charge is 0.160 e. The van der Waals surface area contributed by atoms with E-state index in [-0.39, 0.29) is 0 Å². The van der Waals surface area contributed by atoms with Gasteiger partial charge in [0.15, 0.2) is 5.78 Å². The first-order chi connectivity index (χ1) is 3.27. The molecule has 0 fully saturated rings. The molecule has 0 radical (unpaired) electrons. The Labute approximate surface area is 42.8 Å². The van der Waals surface area contributed by atoms with Crippen LogP contribution >= 0.6 is 0 Å². The van der Waals surface area contributed by atoms with Crippen LogP contribution < -0.4 is 0 Å². The standard InChI is InChI=1S/C3H5FO.C2H4/c1-3(5)2-4;1-2/h2H2,1H3;1-2H2. The van der Waals surface area contributed by atoms with Crippen molar-refractivity contribution in [3.05, 3.63) is 13.2 Å². The van der Waals surface area contributed by atoms with E-state index in [2.05, 4.69) is 13.2 Å². The molecule has 7 heavy (non-hydrogen) atoms. The van der Waals surface area contributed by atoms with E-state index in [1.165, 1.54) is 6.92 Å². The van der Waals surface area contributed by atoms with Gasteiger partial charge in [0.1, 0.15) is 6.67 Å². The molecule has 0 amide bonds. The summed E-state index contributed by atoms with van der Waals surface area (Å²) in [4.78, 5) is 9.44. The van der Waals surface area contributed by atoms with E-state index < -0.39 is 12.5 Å². The minimum absolute atomic E-state index is 0.412. The van der Waals surface area contributed by atoms with Crippen LogP contribution in [0.3, 0.4) is 0 Å². The highest BCUT2D eigenvalue weighted by atomic mass is 19.1. The zero-order valence-corrected chi connectivity index (χ0v) is 4.41. The SMILES string of the molecule is C=C.CC(=O)CF. The maximum atomic E-state index is 10.8. The fourth-order valence-electron chi connectivity index (χ4n) is 0. The van der Waals surface area contributed by atoms with Crippen molar-refractivity contribution in [2.45, 2.75) is 6.92 Å². The van der Waals surface area contributed by atoms with Crippen molar-refractivity contribution in [3.8, 4) is 0 Å². The molecule has 42 valence electrons. The van der Waals surface area contributed by atoms with Crippen molar-refractivity contribution in [3.63, 3.8) is 0 Å². The van der Waals surface area contributed by atoms with Gasteiger partial charge < -0.3 is 0 Å². The average molecular weight is 104 g/mol. The van der Waals surface area contributed by atoms with Crippen molar-refractivity contribution in [2.24, 2.45) is 0 Å². The summed E-state index contributed by atoms with van der Waals surface area (Å²) in [5.74, 6) is -0.412. The van der Waals surface area contributed by atoms with Crippen LogP contribution in [0.2, 0.25) is 0 Å². The average Bonchev–Trinajstić information content (AvgIpc) is 1.73. The van der Waals surface area contributed by atoms with Gasteiger partial charge in [0, 0.05) is 0 Å². The number of hydrogen-bond donors (Lipinski definition) is 0. The zero-order valence-electron chi connectivity index (χ0n) is 4.41. The molecule has 0 rings (SSSR count). The Kier molecular flexibility index (Phi) is 12.4. The topological polar surface area (TPSA) is 17.1 Å². The van der Waals surface area contributed by atoms with Crippen molar-refractivity contribution >= 4 is 5.78 Å². The lowest BCUT2D eigenvalue weighted by atomic mass is 10.5. The molecular formula is C5H9FO. The minimum atomic E-state index is -0.833. The maximum Gasteiger partial charge on any atom is 0.160 e. The summed E-state index contributed by atoms with van der Waals surface area (Å²) in [5.41, 5.74) is 0. The van der Waals surface area contributed by atoms with Crippen LogP contribution in [0.15, 0.2) is 13.2 Å². The number of rotatable bonds is 1. The fourth-order valence-corrected chi connectivity index (χ4v) is 0. The van der Waals surface area contributed by atoms with E-state index in [9.17, 15) is 9.18 Å². The van der Waals surface area contributed by atoms with Crippen LogP contribution in [0.5, 0.6) is 0 Å². The van der Waals surface area contributed by atoms with Gasteiger partial charge in [0.25, 0.3) is 0 Å². The number of carbonyl (C=O) groups is 1. The predicted molar refractivity (Wildman–Crippen MR) is 27.9 cm³/mol. The van der Waals surface area contributed by atoms with Gasteiger partial charge in [-0.1, -0.05) is 0 Å². The van der Waals surface area contributed by atoms with Crippen LogP contribution in [0.1, 0.15) is 6.92 Å². The molecule has 0 spiro atoms. The van der Waals surface area contributed by atoms with Crippen LogP contribution in [0.4, 0.5) is 4.39 Å². The molecule has 0 aromatic rings. The van der Waals surface area contributed by atoms with Crippen molar-refractivity contribution < 1.29 is 9.18 Å². The Bertz CT molecular complexity index is 52.0. The zero-order chi connectivity index (χ0) is 6.28. The predicted octanol–water partition coefficient (Wildman–Crippen LogP) is 1.35. The van der Waals surface area contributed by atoms with Gasteiger partial charge in [-0.15, -0.1) is 13.2 Å². The number of halogens is 1. The molecule has 0 saturated heterocycles. The number of carbonyl (C=O) groups excluding carboxylic acids is 1. The minimum Gasteiger partial charge on any atom is -0.297 e. The van der Waals surface area contributed by atoms with Crippen LogP contribution in [0.25, 0.3) is 0 Å². The number of hydrogen-bond acceptors (Lipinski definition) is 1. The quantitative estimate of drug-likeness (QED) is 0.459. The first-order valence-electron chi connectivity index (χ1n) is 1.82. The Hall–Kier alpha value is -0.660. The van der Waals surface area contributed by atoms with E-state index in [0.29, 0.717) is 0 Å². The summed E-state index contributed by atoms with van der Waals surface area (Å²) in [5, 5.41) is 0. The molecule has 0 aromatic heterocycles. The Morgan fingerprint density at radius 3 is 1.86 bits per heavy atom. The second kappa shape index (κ2) is 9.02. The van der Waals surface area contributed by atoms with Crippen LogP contribution in [0, 0.1) is 0 Å². The van der Waals surface area contributed by atoms with E-state index in [1.807, 2.05) is 0 Å². The first-order valence-corrected chi connectivity index (χ1v) is 1.82. The van der Waals surface area contributed by atoms with Crippen LogP contribution in [-0.2, 0) is 4.79 Å². The van der Waals surface area contributed by atoms with Crippen molar-refractivity contribution in [1.82, 2.24) is 0 Å². The van der Waals surface area contributed by atoms with E-state index in [4.69, 9.17) is 0 Å². The van der Waals surface area contributed by atoms with Gasteiger partial charge in [-0.05, 0) is 6.92 Å². The largest absolute Gasteiger partial charge is 0.297 e. The third-order valence-electron chi connectivity index (χ3n) is 0.188. The lowest BCUT2D eigenvalue weighted by Gasteiger charge is -1.68. The second-order valence-corrected chi connectivity index (χ2v) is 0.836. The number of alkyl halides is 1. The molecule has 0 unspecified atom stereocenters. The third kappa shape index (κ3) is 33.2. The highest BCUT2D eigenvalue weighted by Gasteiger charge is 1.81. The molecular weight excluding hydrogens is 95.1 g/mol. The first kappa shape index (κ1) is 9.60. The summed E-state index contributed by atoms with van der Waals surface area (Å²) in [7, 11) is 0. The van der Waals surface area contributed by atoms with Gasteiger partial charge >= 0.3 is 0 Å². The molecule has 0 aliphatic heterocycles. The summed E-state index contributed by atoms with van der Waals surface area (Å²) < 4.78 is 10.8. The van der Waals surface area contributed by atoms with Gasteiger partial charge in [0.2, 0.25) is 0 Å². The van der Waals surface area contributed by atoms with Gasteiger partial charge in [-0.2, -0.15) is 0 Å². The summed E-state index contributed by atoms with van der Waals surface area (Å²) in [6.45, 7) is 6.38. The Balaban J connectivity index is 0. The van der Waals surface area contributed by atoms with Gasteiger partial charge in [-0.3, -0.25) is 4.79 Å². The number of Topliss-reactive ketones (excluding diaryl/α,β-unsaturated/α-hetero) is 1. The molecule has 1 nitrogen and oxygen atoms in total. The molecule has 0 aliphatic carbocycles. The van der Waals surface area contributed by atoms with E-state index in [1.54, 1.807) is 0 Å². The monoisotopic (exact) mass is 104 g/mol.